The van der Waals surface area contributed by atoms with Gasteiger partial charge in [-0.1, -0.05) is 30.3 Å². The highest BCUT2D eigenvalue weighted by Crippen LogP contribution is 2.33. The van der Waals surface area contributed by atoms with E-state index in [0.29, 0.717) is 20.7 Å². The van der Waals surface area contributed by atoms with Crippen molar-refractivity contribution in [1.82, 2.24) is 14.8 Å². The molecule has 0 aliphatic carbocycles. The summed E-state index contributed by atoms with van der Waals surface area (Å²) in [6, 6.07) is 19.1. The highest BCUT2D eigenvalue weighted by atomic mass is 79.9. The predicted molar refractivity (Wildman–Crippen MR) is 105 cm³/mol. The zero-order valence-electron chi connectivity index (χ0n) is 13.3. The zero-order valence-corrected chi connectivity index (χ0v) is 15.7. The fourth-order valence-electron chi connectivity index (χ4n) is 2.67. The number of fused-ring (bicyclic) bond motifs is 1. The van der Waals surface area contributed by atoms with Crippen molar-refractivity contribution in [1.29, 1.82) is 5.26 Å². The number of halogens is 1. The summed E-state index contributed by atoms with van der Waals surface area (Å²) in [7, 11) is 0. The summed E-state index contributed by atoms with van der Waals surface area (Å²) >= 11 is 4.81. The fraction of sp³-hybridized carbons (Fsp3) is 0.0526. The Morgan fingerprint density at radius 3 is 2.58 bits per heavy atom. The van der Waals surface area contributed by atoms with Crippen molar-refractivity contribution in [2.45, 2.75) is 5.92 Å². The van der Waals surface area contributed by atoms with E-state index in [2.05, 4.69) is 32.1 Å². The van der Waals surface area contributed by atoms with Crippen LogP contribution < -0.4 is 5.56 Å². The van der Waals surface area contributed by atoms with Gasteiger partial charge < -0.3 is 0 Å². The van der Waals surface area contributed by atoms with E-state index in [1.165, 1.54) is 16.0 Å². The molecule has 0 fully saturated rings. The molecule has 26 heavy (non-hydrogen) atoms. The minimum absolute atomic E-state index is 0.310. The van der Waals surface area contributed by atoms with Crippen LogP contribution in [0.1, 0.15) is 16.5 Å². The van der Waals surface area contributed by atoms with Gasteiger partial charge >= 0.3 is 0 Å². The molecule has 0 aliphatic heterocycles. The third-order valence-corrected chi connectivity index (χ3v) is 5.84. The molecule has 5 nitrogen and oxygen atoms in total. The van der Waals surface area contributed by atoms with E-state index in [1.807, 2.05) is 42.5 Å². The Balaban J connectivity index is 1.82. The molecule has 0 N–H and O–H groups in total. The molecule has 0 radical (unpaired) electrons. The second-order valence-corrected chi connectivity index (χ2v) is 7.40. The first-order valence-corrected chi connectivity index (χ1v) is 9.38. The summed E-state index contributed by atoms with van der Waals surface area (Å²) < 4.78 is 2.63. The Kier molecular flexibility index (Phi) is 4.37. The Morgan fingerprint density at radius 2 is 1.85 bits per heavy atom. The van der Waals surface area contributed by atoms with Crippen LogP contribution in [-0.4, -0.2) is 14.8 Å². The second-order valence-electron chi connectivity index (χ2n) is 5.55. The third-order valence-electron chi connectivity index (χ3n) is 3.94. The predicted octanol–water partition coefficient (Wildman–Crippen LogP) is 4.26. The van der Waals surface area contributed by atoms with Gasteiger partial charge in [-0.05, 0) is 40.2 Å². The lowest BCUT2D eigenvalue weighted by Crippen LogP contribution is -2.23. The van der Waals surface area contributed by atoms with Crippen molar-refractivity contribution in [3.63, 3.8) is 0 Å². The average Bonchev–Trinajstić information content (AvgIpc) is 3.10. The lowest BCUT2D eigenvalue weighted by atomic mass is 10.0. The first-order chi connectivity index (χ1) is 12.7. The Hall–Kier alpha value is -2.82. The van der Waals surface area contributed by atoms with E-state index in [9.17, 15) is 10.1 Å². The van der Waals surface area contributed by atoms with Crippen molar-refractivity contribution < 1.29 is 0 Å². The molecule has 0 spiro atoms. The Labute approximate surface area is 161 Å². The Bertz CT molecular complexity index is 1160. The minimum Gasteiger partial charge on any atom is -0.266 e. The van der Waals surface area contributed by atoms with Gasteiger partial charge in [-0.25, -0.2) is 4.98 Å². The van der Waals surface area contributed by atoms with E-state index in [1.54, 1.807) is 18.3 Å². The Morgan fingerprint density at radius 1 is 1.12 bits per heavy atom. The van der Waals surface area contributed by atoms with Gasteiger partial charge in [0.1, 0.15) is 10.9 Å². The molecule has 4 rings (SSSR count). The molecular formula is C19H11BrN4OS. The van der Waals surface area contributed by atoms with Gasteiger partial charge in [-0.2, -0.15) is 15.0 Å². The van der Waals surface area contributed by atoms with Gasteiger partial charge in [-0.15, -0.1) is 11.3 Å². The number of thiazole rings is 1. The quantitative estimate of drug-likeness (QED) is 0.494. The van der Waals surface area contributed by atoms with Crippen LogP contribution in [0.5, 0.6) is 0 Å². The molecule has 0 aliphatic rings. The lowest BCUT2D eigenvalue weighted by Gasteiger charge is -2.11. The highest BCUT2D eigenvalue weighted by Gasteiger charge is 2.23. The maximum absolute atomic E-state index is 12.7. The second kappa shape index (κ2) is 6.83. The summed E-state index contributed by atoms with van der Waals surface area (Å²) in [5, 5.41) is 14.6. The lowest BCUT2D eigenvalue weighted by molar-refractivity contribution is 0.781. The molecule has 2 aromatic carbocycles. The molecule has 0 bridgehead atoms. The van der Waals surface area contributed by atoms with E-state index in [-0.39, 0.29) is 5.56 Å². The van der Waals surface area contributed by atoms with Gasteiger partial charge in [0.15, 0.2) is 0 Å². The first kappa shape index (κ1) is 16.6. The zero-order chi connectivity index (χ0) is 18.1. The normalized spacial score (nSPS) is 12.0. The van der Waals surface area contributed by atoms with Crippen molar-refractivity contribution >= 4 is 37.5 Å². The number of benzene rings is 2. The number of rotatable bonds is 3. The van der Waals surface area contributed by atoms with Crippen LogP contribution in [0.15, 0.2) is 70.1 Å². The maximum Gasteiger partial charge on any atom is 0.286 e. The molecule has 126 valence electrons. The van der Waals surface area contributed by atoms with Gasteiger partial charge in [-0.3, -0.25) is 4.79 Å². The van der Waals surface area contributed by atoms with Crippen molar-refractivity contribution in [3.8, 4) is 11.8 Å². The van der Waals surface area contributed by atoms with Crippen LogP contribution in [0.25, 0.3) is 15.9 Å². The number of nitrogens with zero attached hydrogens (tertiary/aromatic N) is 4. The van der Waals surface area contributed by atoms with Crippen LogP contribution in [-0.2, 0) is 0 Å². The molecule has 2 heterocycles. The van der Waals surface area contributed by atoms with Gasteiger partial charge in [0.25, 0.3) is 5.56 Å². The number of para-hydroxylation sites is 2. The van der Waals surface area contributed by atoms with Crippen molar-refractivity contribution in [3.05, 3.63) is 86.2 Å². The summed E-state index contributed by atoms with van der Waals surface area (Å²) in [4.78, 5) is 17.3. The third kappa shape index (κ3) is 2.83. The topological polar surface area (TPSA) is 71.6 Å². The largest absolute Gasteiger partial charge is 0.286 e. The van der Waals surface area contributed by atoms with Gasteiger partial charge in [0.2, 0.25) is 0 Å². The molecule has 1 atom stereocenters. The molecule has 1 unspecified atom stereocenters. The molecule has 7 heteroatoms. The average molecular weight is 423 g/mol. The van der Waals surface area contributed by atoms with Crippen molar-refractivity contribution in [2.24, 2.45) is 0 Å². The summed E-state index contributed by atoms with van der Waals surface area (Å²) in [6.07, 6.45) is 1.55. The van der Waals surface area contributed by atoms with Gasteiger partial charge in [0, 0.05) is 5.56 Å². The van der Waals surface area contributed by atoms with Crippen LogP contribution in [0.4, 0.5) is 0 Å². The molecule has 0 amide bonds. The van der Waals surface area contributed by atoms with Crippen LogP contribution in [0.2, 0.25) is 0 Å². The number of nitriles is 1. The summed E-state index contributed by atoms with van der Waals surface area (Å²) in [5.41, 5.74) is 1.71. The van der Waals surface area contributed by atoms with E-state index >= 15 is 0 Å². The number of hydrogen-bond donors (Lipinski definition) is 0. The van der Waals surface area contributed by atoms with E-state index in [4.69, 9.17) is 0 Å². The van der Waals surface area contributed by atoms with Crippen LogP contribution in [0, 0.1) is 11.3 Å². The minimum atomic E-state index is -0.660. The summed E-state index contributed by atoms with van der Waals surface area (Å²) in [6.45, 7) is 0. The van der Waals surface area contributed by atoms with Crippen molar-refractivity contribution in [2.75, 3.05) is 0 Å². The van der Waals surface area contributed by atoms with E-state index < -0.39 is 5.92 Å². The maximum atomic E-state index is 12.7. The first-order valence-electron chi connectivity index (χ1n) is 7.77. The van der Waals surface area contributed by atoms with E-state index in [0.717, 1.165) is 10.2 Å². The standard InChI is InChI=1S/C19H11BrN4OS/c20-17-14(11-22-24(19(17)25)12-6-2-1-3-7-12)13(10-21)18-23-15-8-4-5-9-16(15)26-18/h1-9,11,13H. The molecule has 0 saturated carbocycles. The van der Waals surface area contributed by atoms with Gasteiger partial charge in [0.05, 0.1) is 32.6 Å². The number of hydrogen-bond acceptors (Lipinski definition) is 5. The summed E-state index contributed by atoms with van der Waals surface area (Å²) in [5.74, 6) is -0.660. The SMILES string of the molecule is N#CC(c1nc2ccccc2s1)c1cnn(-c2ccccc2)c(=O)c1Br. The number of aromatic nitrogens is 3. The molecular weight excluding hydrogens is 412 g/mol. The molecule has 0 saturated heterocycles. The highest BCUT2D eigenvalue weighted by molar-refractivity contribution is 9.10. The fourth-order valence-corrected chi connectivity index (χ4v) is 4.20. The molecule has 2 aromatic heterocycles. The smallest absolute Gasteiger partial charge is 0.266 e. The van der Waals surface area contributed by atoms with Crippen LogP contribution >= 0.6 is 27.3 Å². The van der Waals surface area contributed by atoms with Crippen LogP contribution in [0.3, 0.4) is 0 Å². The monoisotopic (exact) mass is 422 g/mol. The molecule has 4 aromatic rings.